The summed E-state index contributed by atoms with van der Waals surface area (Å²) in [4.78, 5) is 10.6. The average molecular weight is 496 g/mol. The van der Waals surface area contributed by atoms with E-state index in [4.69, 9.17) is 4.84 Å². The lowest BCUT2D eigenvalue weighted by atomic mass is 9.53. The molecule has 3 aliphatic carbocycles. The van der Waals surface area contributed by atoms with Crippen LogP contribution in [0, 0.1) is 23.1 Å². The third-order valence-corrected chi connectivity index (χ3v) is 10.3. The van der Waals surface area contributed by atoms with Crippen molar-refractivity contribution in [3.8, 4) is 11.3 Å². The lowest BCUT2D eigenvalue weighted by Crippen LogP contribution is -2.64. The summed E-state index contributed by atoms with van der Waals surface area (Å²) in [5.74, 6) is 0.777. The van der Waals surface area contributed by atoms with Crippen LogP contribution < -0.4 is 0 Å². The Kier molecular flexibility index (Phi) is 5.77. The fourth-order valence-corrected chi connectivity index (χ4v) is 8.78. The van der Waals surface area contributed by atoms with Gasteiger partial charge in [0.2, 0.25) is 0 Å². The first kappa shape index (κ1) is 23.3. The zero-order valence-electron chi connectivity index (χ0n) is 20.9. The second kappa shape index (κ2) is 8.90. The normalized spacial score (nSPS) is 35.1. The van der Waals surface area contributed by atoms with Gasteiger partial charge < -0.3 is 14.8 Å². The van der Waals surface area contributed by atoms with Crippen LogP contribution in [-0.2, 0) is 4.84 Å². The molecule has 6 nitrogen and oxygen atoms in total. The Morgan fingerprint density at radius 3 is 2.64 bits per heavy atom. The third kappa shape index (κ3) is 3.69. The molecule has 0 spiro atoms. The van der Waals surface area contributed by atoms with E-state index in [-0.39, 0.29) is 23.4 Å². The fourth-order valence-electron chi connectivity index (χ4n) is 8.78. The molecule has 4 bridgehead atoms. The molecule has 5 unspecified atom stereocenters. The molecule has 8 rings (SSSR count). The van der Waals surface area contributed by atoms with E-state index in [0.717, 1.165) is 56.2 Å². The van der Waals surface area contributed by atoms with Gasteiger partial charge in [0.1, 0.15) is 5.82 Å². The van der Waals surface area contributed by atoms with Crippen LogP contribution in [-0.4, -0.2) is 55.7 Å². The van der Waals surface area contributed by atoms with E-state index in [1.54, 1.807) is 18.6 Å². The number of aliphatic hydroxyl groups excluding tert-OH is 2. The fraction of sp³-hybridized carbons (Fsp3) is 0.690. The average Bonchev–Trinajstić information content (AvgIpc) is 3.47. The first-order valence-electron chi connectivity index (χ1n) is 14.1. The first-order valence-corrected chi connectivity index (χ1v) is 14.1. The number of piperidine rings is 2. The SMILES string of the molecule is OC(CON1C2CC3CC1CC(C(O)CC1c4c(F)cccc4-c4cncn41)(C3)C2)C1CCCCC1. The molecule has 1 aromatic carbocycles. The van der Waals surface area contributed by atoms with Gasteiger partial charge in [-0.1, -0.05) is 31.4 Å². The number of aliphatic hydroxyl groups is 2. The molecule has 3 aliphatic heterocycles. The quantitative estimate of drug-likeness (QED) is 0.575. The van der Waals surface area contributed by atoms with Crippen LogP contribution in [0.1, 0.15) is 82.2 Å². The van der Waals surface area contributed by atoms with Gasteiger partial charge in [-0.2, -0.15) is 5.06 Å². The highest BCUT2D eigenvalue weighted by molar-refractivity contribution is 5.69. The minimum absolute atomic E-state index is 0.146. The summed E-state index contributed by atoms with van der Waals surface area (Å²) in [5.41, 5.74) is 2.38. The van der Waals surface area contributed by atoms with Gasteiger partial charge in [-0.3, -0.25) is 4.84 Å². The Balaban J connectivity index is 1.06. The molecule has 1 aromatic heterocycles. The van der Waals surface area contributed by atoms with Crippen LogP contribution in [0.2, 0.25) is 0 Å². The Morgan fingerprint density at radius 1 is 1.08 bits per heavy atom. The number of nitrogens with zero attached hydrogens (tertiary/aromatic N) is 3. The summed E-state index contributed by atoms with van der Waals surface area (Å²) >= 11 is 0. The van der Waals surface area contributed by atoms with Crippen molar-refractivity contribution in [2.24, 2.45) is 17.3 Å². The van der Waals surface area contributed by atoms with E-state index in [1.807, 2.05) is 10.6 Å². The molecular formula is C29H38FN3O3. The lowest BCUT2D eigenvalue weighted by molar-refractivity contribution is -0.300. The molecule has 36 heavy (non-hydrogen) atoms. The molecule has 6 aliphatic rings. The molecule has 3 saturated carbocycles. The zero-order chi connectivity index (χ0) is 24.4. The Bertz CT molecular complexity index is 1100. The van der Waals surface area contributed by atoms with Crippen molar-refractivity contribution in [3.05, 3.63) is 42.1 Å². The van der Waals surface area contributed by atoms with Crippen molar-refractivity contribution in [1.29, 1.82) is 0 Å². The maximum atomic E-state index is 15.0. The highest BCUT2D eigenvalue weighted by Crippen LogP contribution is 2.59. The summed E-state index contributed by atoms with van der Waals surface area (Å²) in [6.45, 7) is 0.388. The van der Waals surface area contributed by atoms with Gasteiger partial charge in [-0.25, -0.2) is 9.37 Å². The Labute approximate surface area is 212 Å². The Hall–Kier alpha value is -1.80. The predicted octanol–water partition coefficient (Wildman–Crippen LogP) is 4.85. The van der Waals surface area contributed by atoms with Gasteiger partial charge in [0.05, 0.1) is 43.1 Å². The second-order valence-electron chi connectivity index (χ2n) is 12.4. The molecule has 0 amide bonds. The predicted molar refractivity (Wildman–Crippen MR) is 133 cm³/mol. The van der Waals surface area contributed by atoms with E-state index >= 15 is 0 Å². The van der Waals surface area contributed by atoms with E-state index in [1.165, 1.54) is 25.3 Å². The van der Waals surface area contributed by atoms with Crippen LogP contribution in [0.3, 0.4) is 0 Å². The number of benzene rings is 1. The standard InChI is InChI=1S/C29H38FN3O3/c30-23-8-4-7-22-25-15-31-17-32(25)24(28(22)23)11-27(35)29-12-18-9-20(13-29)33(21(10-18)14-29)36-16-26(34)19-5-2-1-3-6-19/h4,7-8,15,17-21,24,26-27,34-35H,1-3,5-6,9-14,16H2. The third-order valence-electron chi connectivity index (χ3n) is 10.3. The minimum atomic E-state index is -0.508. The summed E-state index contributed by atoms with van der Waals surface area (Å²) in [5, 5.41) is 24.7. The van der Waals surface area contributed by atoms with Crippen molar-refractivity contribution >= 4 is 0 Å². The van der Waals surface area contributed by atoms with Gasteiger partial charge >= 0.3 is 0 Å². The largest absolute Gasteiger partial charge is 0.392 e. The summed E-state index contributed by atoms with van der Waals surface area (Å²) in [7, 11) is 0. The van der Waals surface area contributed by atoms with E-state index in [2.05, 4.69) is 10.0 Å². The van der Waals surface area contributed by atoms with Crippen LogP contribution in [0.15, 0.2) is 30.7 Å². The van der Waals surface area contributed by atoms with Gasteiger partial charge in [0.15, 0.2) is 0 Å². The maximum absolute atomic E-state index is 15.0. The van der Waals surface area contributed by atoms with Gasteiger partial charge in [-0.05, 0) is 74.7 Å². The van der Waals surface area contributed by atoms with Crippen LogP contribution in [0.5, 0.6) is 0 Å². The molecule has 194 valence electrons. The number of hydrogen-bond donors (Lipinski definition) is 2. The molecule has 2 aromatic rings. The van der Waals surface area contributed by atoms with Crippen molar-refractivity contribution in [1.82, 2.24) is 14.6 Å². The summed E-state index contributed by atoms with van der Waals surface area (Å²) < 4.78 is 17.0. The number of halogens is 1. The highest BCUT2D eigenvalue weighted by atomic mass is 19.1. The molecule has 7 heteroatoms. The molecule has 4 heterocycles. The number of imidazole rings is 1. The zero-order valence-corrected chi connectivity index (χ0v) is 20.9. The molecular weight excluding hydrogens is 457 g/mol. The van der Waals surface area contributed by atoms with Crippen molar-refractivity contribution in [2.75, 3.05) is 6.61 Å². The highest BCUT2D eigenvalue weighted by Gasteiger charge is 2.58. The second-order valence-corrected chi connectivity index (χ2v) is 12.4. The molecule has 2 saturated heterocycles. The topological polar surface area (TPSA) is 70.8 Å². The van der Waals surface area contributed by atoms with Crippen LogP contribution >= 0.6 is 0 Å². The van der Waals surface area contributed by atoms with E-state index in [0.29, 0.717) is 42.5 Å². The number of hydroxylamine groups is 2. The van der Waals surface area contributed by atoms with Crippen molar-refractivity contribution in [2.45, 2.75) is 101 Å². The number of aromatic nitrogens is 2. The number of rotatable bonds is 7. The maximum Gasteiger partial charge on any atom is 0.129 e. The Morgan fingerprint density at radius 2 is 1.86 bits per heavy atom. The van der Waals surface area contributed by atoms with Crippen molar-refractivity contribution < 1.29 is 19.4 Å². The van der Waals surface area contributed by atoms with Crippen LogP contribution in [0.25, 0.3) is 11.3 Å². The van der Waals surface area contributed by atoms with E-state index < -0.39 is 6.10 Å². The molecule has 5 atom stereocenters. The van der Waals surface area contributed by atoms with E-state index in [9.17, 15) is 14.6 Å². The van der Waals surface area contributed by atoms with Crippen molar-refractivity contribution in [3.63, 3.8) is 0 Å². The van der Waals surface area contributed by atoms with Gasteiger partial charge in [0, 0.05) is 23.2 Å². The number of hydrogen-bond acceptors (Lipinski definition) is 5. The number of fused-ring (bicyclic) bond motifs is 3. The minimum Gasteiger partial charge on any atom is -0.392 e. The molecule has 0 radical (unpaired) electrons. The summed E-state index contributed by atoms with van der Waals surface area (Å²) in [6, 6.07) is 5.60. The smallest absolute Gasteiger partial charge is 0.129 e. The first-order chi connectivity index (χ1) is 17.5. The van der Waals surface area contributed by atoms with Gasteiger partial charge in [-0.15, -0.1) is 0 Å². The van der Waals surface area contributed by atoms with Gasteiger partial charge in [0.25, 0.3) is 0 Å². The molecule has 5 fully saturated rings. The van der Waals surface area contributed by atoms with Crippen LogP contribution in [0.4, 0.5) is 4.39 Å². The molecule has 2 N–H and O–H groups in total. The summed E-state index contributed by atoms with van der Waals surface area (Å²) in [6.07, 6.45) is 14.2. The monoisotopic (exact) mass is 495 g/mol. The lowest BCUT2D eigenvalue weighted by Gasteiger charge is -2.62.